The second-order valence-electron chi connectivity index (χ2n) is 5.36. The number of rotatable bonds is 3. The molecule has 0 bridgehead atoms. The summed E-state index contributed by atoms with van der Waals surface area (Å²) >= 11 is 0. The van der Waals surface area contributed by atoms with Crippen molar-refractivity contribution in [1.82, 2.24) is 0 Å². The topological polar surface area (TPSA) is 20.3 Å². The first-order valence-electron chi connectivity index (χ1n) is 7.35. The van der Waals surface area contributed by atoms with Crippen LogP contribution < -0.4 is 4.90 Å². The normalized spacial score (nSPS) is 14.7. The van der Waals surface area contributed by atoms with E-state index in [1.54, 1.807) is 6.92 Å². The Morgan fingerprint density at radius 3 is 2.38 bits per heavy atom. The Labute approximate surface area is 125 Å². The number of hydrogen-bond donors (Lipinski definition) is 0. The quantitative estimate of drug-likeness (QED) is 0.784. The van der Waals surface area contributed by atoms with Crippen LogP contribution in [0.2, 0.25) is 0 Å². The maximum atomic E-state index is 11.8. The van der Waals surface area contributed by atoms with E-state index in [2.05, 4.69) is 35.2 Å². The minimum absolute atomic E-state index is 0.128. The maximum Gasteiger partial charge on any atom is 0.161 e. The molecule has 0 amide bonds. The molecule has 2 aromatic rings. The summed E-state index contributed by atoms with van der Waals surface area (Å²) in [5, 5.41) is 0. The molecule has 0 N–H and O–H groups in total. The van der Waals surface area contributed by atoms with Gasteiger partial charge < -0.3 is 4.90 Å². The van der Waals surface area contributed by atoms with Gasteiger partial charge in [0.25, 0.3) is 0 Å². The molecule has 0 atom stereocenters. The summed E-state index contributed by atoms with van der Waals surface area (Å²) in [4.78, 5) is 14.0. The zero-order chi connectivity index (χ0) is 14.7. The minimum atomic E-state index is 0.128. The van der Waals surface area contributed by atoms with E-state index in [9.17, 15) is 4.79 Å². The summed E-state index contributed by atoms with van der Waals surface area (Å²) in [5.41, 5.74) is 4.56. The molecule has 3 rings (SSSR count). The van der Waals surface area contributed by atoms with Gasteiger partial charge in [-0.05, 0) is 36.6 Å². The molecule has 2 aromatic carbocycles. The standard InChI is InChI=1S/C19H19NO/c1-15(21)18-9-5-6-10-19(18)20-13-11-17(12-14-20)16-7-3-2-4-8-16/h2-11H,12-14H2,1H3. The minimum Gasteiger partial charge on any atom is -0.367 e. The van der Waals surface area contributed by atoms with Gasteiger partial charge in [-0.1, -0.05) is 48.5 Å². The zero-order valence-corrected chi connectivity index (χ0v) is 12.3. The fourth-order valence-electron chi connectivity index (χ4n) is 2.85. The molecule has 21 heavy (non-hydrogen) atoms. The van der Waals surface area contributed by atoms with Gasteiger partial charge in [0.1, 0.15) is 0 Å². The van der Waals surface area contributed by atoms with Crippen molar-refractivity contribution in [3.8, 4) is 0 Å². The molecule has 0 spiro atoms. The van der Waals surface area contributed by atoms with Crippen molar-refractivity contribution in [2.75, 3.05) is 18.0 Å². The van der Waals surface area contributed by atoms with Gasteiger partial charge in [0.15, 0.2) is 5.78 Å². The zero-order valence-electron chi connectivity index (χ0n) is 12.3. The Kier molecular flexibility index (Phi) is 3.87. The van der Waals surface area contributed by atoms with Gasteiger partial charge in [0.2, 0.25) is 0 Å². The highest BCUT2D eigenvalue weighted by Crippen LogP contribution is 2.27. The molecule has 0 radical (unpaired) electrons. The lowest BCUT2D eigenvalue weighted by Gasteiger charge is -2.30. The molecule has 1 aliphatic heterocycles. The van der Waals surface area contributed by atoms with Crippen LogP contribution >= 0.6 is 0 Å². The Morgan fingerprint density at radius 1 is 1.00 bits per heavy atom. The monoisotopic (exact) mass is 277 g/mol. The second-order valence-corrected chi connectivity index (χ2v) is 5.36. The van der Waals surface area contributed by atoms with E-state index >= 15 is 0 Å². The predicted molar refractivity (Wildman–Crippen MR) is 87.7 cm³/mol. The van der Waals surface area contributed by atoms with Crippen LogP contribution in [0.4, 0.5) is 5.69 Å². The third kappa shape index (κ3) is 2.89. The van der Waals surface area contributed by atoms with Gasteiger partial charge in [-0.3, -0.25) is 4.79 Å². The van der Waals surface area contributed by atoms with Crippen LogP contribution in [0, 0.1) is 0 Å². The fraction of sp³-hybridized carbons (Fsp3) is 0.211. The van der Waals surface area contributed by atoms with Crippen LogP contribution in [-0.2, 0) is 0 Å². The molecular weight excluding hydrogens is 258 g/mol. The molecule has 1 aliphatic rings. The van der Waals surface area contributed by atoms with E-state index in [1.807, 2.05) is 30.3 Å². The van der Waals surface area contributed by atoms with Crippen molar-refractivity contribution < 1.29 is 4.79 Å². The molecule has 1 heterocycles. The van der Waals surface area contributed by atoms with Gasteiger partial charge >= 0.3 is 0 Å². The summed E-state index contributed by atoms with van der Waals surface area (Å²) < 4.78 is 0. The number of carbonyl (C=O) groups excluding carboxylic acids is 1. The van der Waals surface area contributed by atoms with Gasteiger partial charge in [-0.15, -0.1) is 0 Å². The van der Waals surface area contributed by atoms with E-state index in [4.69, 9.17) is 0 Å². The number of benzene rings is 2. The summed E-state index contributed by atoms with van der Waals surface area (Å²) in [6, 6.07) is 18.4. The van der Waals surface area contributed by atoms with Gasteiger partial charge in [0, 0.05) is 24.3 Å². The average molecular weight is 277 g/mol. The second kappa shape index (κ2) is 5.96. The van der Waals surface area contributed by atoms with Crippen LogP contribution in [0.15, 0.2) is 60.7 Å². The molecule has 0 aliphatic carbocycles. The number of hydrogen-bond acceptors (Lipinski definition) is 2. The third-order valence-electron chi connectivity index (χ3n) is 3.98. The average Bonchev–Trinajstić information content (AvgIpc) is 2.56. The fourth-order valence-corrected chi connectivity index (χ4v) is 2.85. The molecule has 0 fully saturated rings. The molecule has 0 saturated carbocycles. The Bertz CT molecular complexity index is 673. The van der Waals surface area contributed by atoms with Gasteiger partial charge in [0.05, 0.1) is 0 Å². The van der Waals surface area contributed by atoms with Crippen LogP contribution in [0.5, 0.6) is 0 Å². The number of para-hydroxylation sites is 1. The van der Waals surface area contributed by atoms with Crippen molar-refractivity contribution in [2.45, 2.75) is 13.3 Å². The highest BCUT2D eigenvalue weighted by atomic mass is 16.1. The largest absolute Gasteiger partial charge is 0.367 e. The van der Waals surface area contributed by atoms with Crippen molar-refractivity contribution in [3.63, 3.8) is 0 Å². The SMILES string of the molecule is CC(=O)c1ccccc1N1CC=C(c2ccccc2)CC1. The molecule has 106 valence electrons. The van der Waals surface area contributed by atoms with Crippen LogP contribution in [0.25, 0.3) is 5.57 Å². The summed E-state index contributed by atoms with van der Waals surface area (Å²) in [6.45, 7) is 3.44. The Morgan fingerprint density at radius 2 is 1.71 bits per heavy atom. The van der Waals surface area contributed by atoms with E-state index in [1.165, 1.54) is 11.1 Å². The van der Waals surface area contributed by atoms with Gasteiger partial charge in [-0.2, -0.15) is 0 Å². The number of anilines is 1. The maximum absolute atomic E-state index is 11.8. The van der Waals surface area contributed by atoms with E-state index in [0.29, 0.717) is 0 Å². The van der Waals surface area contributed by atoms with E-state index in [-0.39, 0.29) is 5.78 Å². The lowest BCUT2D eigenvalue weighted by molar-refractivity contribution is 0.101. The first-order chi connectivity index (χ1) is 10.3. The summed E-state index contributed by atoms with van der Waals surface area (Å²) in [6.07, 6.45) is 3.28. The number of nitrogens with zero attached hydrogens (tertiary/aromatic N) is 1. The molecule has 0 aromatic heterocycles. The van der Waals surface area contributed by atoms with Gasteiger partial charge in [-0.25, -0.2) is 0 Å². The van der Waals surface area contributed by atoms with Crippen LogP contribution in [0.1, 0.15) is 29.3 Å². The molecule has 2 heteroatoms. The molecular formula is C19H19NO. The number of ketones is 1. The summed E-state index contributed by atoms with van der Waals surface area (Å²) in [7, 11) is 0. The smallest absolute Gasteiger partial charge is 0.161 e. The number of Topliss-reactive ketones (excluding diaryl/α,β-unsaturated/α-hetero) is 1. The number of carbonyl (C=O) groups is 1. The van der Waals surface area contributed by atoms with Crippen LogP contribution in [0.3, 0.4) is 0 Å². The van der Waals surface area contributed by atoms with E-state index < -0.39 is 0 Å². The van der Waals surface area contributed by atoms with E-state index in [0.717, 1.165) is 30.8 Å². The first-order valence-corrected chi connectivity index (χ1v) is 7.35. The lowest BCUT2D eigenvalue weighted by atomic mass is 9.98. The van der Waals surface area contributed by atoms with Crippen molar-refractivity contribution in [3.05, 3.63) is 71.8 Å². The highest BCUT2D eigenvalue weighted by Gasteiger charge is 2.17. The molecule has 2 nitrogen and oxygen atoms in total. The Balaban J connectivity index is 1.83. The molecule has 0 saturated heterocycles. The third-order valence-corrected chi connectivity index (χ3v) is 3.98. The first kappa shape index (κ1) is 13.6. The molecule has 0 unspecified atom stereocenters. The van der Waals surface area contributed by atoms with Crippen molar-refractivity contribution in [2.24, 2.45) is 0 Å². The Hall–Kier alpha value is -2.35. The van der Waals surface area contributed by atoms with Crippen LogP contribution in [-0.4, -0.2) is 18.9 Å². The summed E-state index contributed by atoms with van der Waals surface area (Å²) in [5.74, 6) is 0.128. The highest BCUT2D eigenvalue weighted by molar-refractivity contribution is 5.99. The van der Waals surface area contributed by atoms with Crippen molar-refractivity contribution in [1.29, 1.82) is 0 Å². The lowest BCUT2D eigenvalue weighted by Crippen LogP contribution is -2.29. The predicted octanol–water partition coefficient (Wildman–Crippen LogP) is 4.18. The van der Waals surface area contributed by atoms with Crippen molar-refractivity contribution >= 4 is 17.0 Å².